The molecule has 3 nitrogen and oxygen atoms in total. The summed E-state index contributed by atoms with van der Waals surface area (Å²) in [6, 6.07) is 0. The standard InChI is InChI=1S/C9H7Br2NO2/c1-4-5(2-13)8(11)9(12)6(3-14)7(4)10/h2-3H,12H2,1H3. The molecule has 0 saturated heterocycles. The molecule has 0 heterocycles. The van der Waals surface area contributed by atoms with Crippen LogP contribution < -0.4 is 5.73 Å². The molecule has 14 heavy (non-hydrogen) atoms. The number of aldehydes is 2. The number of halogens is 2. The van der Waals surface area contributed by atoms with E-state index in [-0.39, 0.29) is 5.69 Å². The summed E-state index contributed by atoms with van der Waals surface area (Å²) in [5, 5.41) is 0. The van der Waals surface area contributed by atoms with Crippen LogP contribution in [0.3, 0.4) is 0 Å². The van der Waals surface area contributed by atoms with Crippen LogP contribution in [-0.2, 0) is 0 Å². The molecule has 0 amide bonds. The maximum Gasteiger partial charge on any atom is 0.153 e. The highest BCUT2D eigenvalue weighted by atomic mass is 79.9. The van der Waals surface area contributed by atoms with E-state index in [1.165, 1.54) is 0 Å². The summed E-state index contributed by atoms with van der Waals surface area (Å²) in [6.07, 6.45) is 1.36. The van der Waals surface area contributed by atoms with Crippen molar-refractivity contribution in [3.63, 3.8) is 0 Å². The first kappa shape index (κ1) is 11.4. The highest BCUT2D eigenvalue weighted by Gasteiger charge is 2.16. The second kappa shape index (κ2) is 4.23. The molecule has 1 aromatic carbocycles. The minimum Gasteiger partial charge on any atom is -0.397 e. The monoisotopic (exact) mass is 319 g/mol. The smallest absolute Gasteiger partial charge is 0.153 e. The minimum absolute atomic E-state index is 0.277. The summed E-state index contributed by atoms with van der Waals surface area (Å²) in [5.41, 5.74) is 7.47. The average molecular weight is 321 g/mol. The first-order valence-electron chi connectivity index (χ1n) is 3.72. The molecule has 0 spiro atoms. The molecule has 0 aliphatic carbocycles. The second-order valence-corrected chi connectivity index (χ2v) is 4.32. The van der Waals surface area contributed by atoms with Crippen LogP contribution in [-0.4, -0.2) is 12.6 Å². The lowest BCUT2D eigenvalue weighted by molar-refractivity contribution is 0.111. The van der Waals surface area contributed by atoms with Crippen molar-refractivity contribution in [1.82, 2.24) is 0 Å². The molecular formula is C9H7Br2NO2. The summed E-state index contributed by atoms with van der Waals surface area (Å²) >= 11 is 6.41. The molecule has 2 N–H and O–H groups in total. The molecule has 74 valence electrons. The maximum absolute atomic E-state index is 10.8. The van der Waals surface area contributed by atoms with Crippen molar-refractivity contribution in [3.05, 3.63) is 25.6 Å². The van der Waals surface area contributed by atoms with E-state index in [9.17, 15) is 9.59 Å². The van der Waals surface area contributed by atoms with Crippen molar-refractivity contribution in [2.75, 3.05) is 5.73 Å². The molecule has 0 radical (unpaired) electrons. The van der Waals surface area contributed by atoms with Crippen molar-refractivity contribution < 1.29 is 9.59 Å². The van der Waals surface area contributed by atoms with Crippen molar-refractivity contribution in [2.24, 2.45) is 0 Å². The molecule has 0 aromatic heterocycles. The summed E-state index contributed by atoms with van der Waals surface area (Å²) in [5.74, 6) is 0. The van der Waals surface area contributed by atoms with Crippen LogP contribution in [0, 0.1) is 6.92 Å². The highest BCUT2D eigenvalue weighted by Crippen LogP contribution is 2.35. The number of hydrogen-bond acceptors (Lipinski definition) is 3. The zero-order valence-electron chi connectivity index (χ0n) is 7.30. The number of hydrogen-bond donors (Lipinski definition) is 1. The Morgan fingerprint density at radius 3 is 2.00 bits per heavy atom. The molecule has 1 aromatic rings. The lowest BCUT2D eigenvalue weighted by atomic mass is 10.0. The van der Waals surface area contributed by atoms with Gasteiger partial charge in [-0.1, -0.05) is 0 Å². The van der Waals surface area contributed by atoms with Crippen molar-refractivity contribution in [1.29, 1.82) is 0 Å². The van der Waals surface area contributed by atoms with E-state index >= 15 is 0 Å². The van der Waals surface area contributed by atoms with Crippen LogP contribution in [0.25, 0.3) is 0 Å². The van der Waals surface area contributed by atoms with Crippen molar-refractivity contribution in [3.8, 4) is 0 Å². The second-order valence-electron chi connectivity index (χ2n) is 2.73. The Morgan fingerprint density at radius 1 is 1.07 bits per heavy atom. The first-order valence-corrected chi connectivity index (χ1v) is 5.30. The Balaban J connectivity index is 3.71. The molecule has 0 saturated carbocycles. The third kappa shape index (κ3) is 1.62. The van der Waals surface area contributed by atoms with E-state index in [2.05, 4.69) is 31.9 Å². The summed E-state index contributed by atoms with van der Waals surface area (Å²) < 4.78 is 1.03. The van der Waals surface area contributed by atoms with Crippen LogP contribution in [0.15, 0.2) is 8.95 Å². The molecule has 0 bridgehead atoms. The number of nitrogen functional groups attached to an aromatic ring is 1. The SMILES string of the molecule is Cc1c(Br)c(C=O)c(N)c(Br)c1C=O. The Labute approximate surface area is 97.9 Å². The quantitative estimate of drug-likeness (QED) is 0.673. The number of benzene rings is 1. The maximum atomic E-state index is 10.8. The van der Waals surface area contributed by atoms with Crippen molar-refractivity contribution in [2.45, 2.75) is 6.92 Å². The molecule has 0 aliphatic rings. The van der Waals surface area contributed by atoms with Gasteiger partial charge in [-0.05, 0) is 44.3 Å². The predicted octanol–water partition coefficient (Wildman–Crippen LogP) is 2.73. The first-order chi connectivity index (χ1) is 6.54. The fraction of sp³-hybridized carbons (Fsp3) is 0.111. The number of rotatable bonds is 2. The zero-order valence-corrected chi connectivity index (χ0v) is 10.5. The van der Waals surface area contributed by atoms with Gasteiger partial charge in [-0.25, -0.2) is 0 Å². The van der Waals surface area contributed by atoms with Gasteiger partial charge in [0.1, 0.15) is 0 Å². The van der Waals surface area contributed by atoms with Gasteiger partial charge in [-0.2, -0.15) is 0 Å². The molecule has 0 unspecified atom stereocenters. The molecule has 0 fully saturated rings. The minimum atomic E-state index is 0.277. The Morgan fingerprint density at radius 2 is 1.57 bits per heavy atom. The molecular weight excluding hydrogens is 314 g/mol. The van der Waals surface area contributed by atoms with Crippen LogP contribution in [0.2, 0.25) is 0 Å². The third-order valence-electron chi connectivity index (χ3n) is 1.97. The van der Waals surface area contributed by atoms with Crippen LogP contribution in [0.5, 0.6) is 0 Å². The van der Waals surface area contributed by atoms with E-state index in [4.69, 9.17) is 5.73 Å². The Bertz CT molecular complexity index is 348. The third-order valence-corrected chi connectivity index (χ3v) is 3.84. The highest BCUT2D eigenvalue weighted by molar-refractivity contribution is 9.11. The topological polar surface area (TPSA) is 60.2 Å². The van der Waals surface area contributed by atoms with Gasteiger partial charge in [0, 0.05) is 10.0 Å². The van der Waals surface area contributed by atoms with Gasteiger partial charge in [0.2, 0.25) is 0 Å². The molecule has 5 heteroatoms. The fourth-order valence-corrected chi connectivity index (χ4v) is 2.25. The number of anilines is 1. The number of nitrogens with two attached hydrogens (primary N) is 1. The number of carbonyl (C=O) groups excluding carboxylic acids is 2. The van der Waals surface area contributed by atoms with E-state index in [1.54, 1.807) is 6.92 Å². The van der Waals surface area contributed by atoms with Gasteiger partial charge in [0.05, 0.1) is 15.7 Å². The van der Waals surface area contributed by atoms with Gasteiger partial charge >= 0.3 is 0 Å². The lowest BCUT2D eigenvalue weighted by Crippen LogP contribution is -2.02. The lowest BCUT2D eigenvalue weighted by Gasteiger charge is -2.11. The summed E-state index contributed by atoms with van der Waals surface area (Å²) in [7, 11) is 0. The Hall–Kier alpha value is -0.680. The van der Waals surface area contributed by atoms with Gasteiger partial charge in [0.25, 0.3) is 0 Å². The van der Waals surface area contributed by atoms with E-state index < -0.39 is 0 Å². The summed E-state index contributed by atoms with van der Waals surface area (Å²) in [4.78, 5) is 21.5. The van der Waals surface area contributed by atoms with Crippen molar-refractivity contribution >= 4 is 50.1 Å². The summed E-state index contributed by atoms with van der Waals surface area (Å²) in [6.45, 7) is 1.74. The number of carbonyl (C=O) groups is 2. The van der Waals surface area contributed by atoms with E-state index in [1.807, 2.05) is 0 Å². The normalized spacial score (nSPS) is 9.93. The molecule has 0 aliphatic heterocycles. The van der Waals surface area contributed by atoms with E-state index in [0.29, 0.717) is 38.2 Å². The van der Waals surface area contributed by atoms with Gasteiger partial charge < -0.3 is 5.73 Å². The van der Waals surface area contributed by atoms with Crippen LogP contribution >= 0.6 is 31.9 Å². The van der Waals surface area contributed by atoms with Gasteiger partial charge in [0.15, 0.2) is 12.6 Å². The van der Waals surface area contributed by atoms with E-state index in [0.717, 1.165) is 0 Å². The fourth-order valence-electron chi connectivity index (χ4n) is 1.12. The molecule has 1 rings (SSSR count). The Kier molecular flexibility index (Phi) is 3.44. The predicted molar refractivity (Wildman–Crippen MR) is 61.8 cm³/mol. The molecule has 0 atom stereocenters. The van der Waals surface area contributed by atoms with Gasteiger partial charge in [-0.3, -0.25) is 9.59 Å². The largest absolute Gasteiger partial charge is 0.397 e. The average Bonchev–Trinajstić information content (AvgIpc) is 2.17. The van der Waals surface area contributed by atoms with Gasteiger partial charge in [-0.15, -0.1) is 0 Å². The van der Waals surface area contributed by atoms with Crippen LogP contribution in [0.1, 0.15) is 26.3 Å². The zero-order chi connectivity index (χ0) is 10.9. The van der Waals surface area contributed by atoms with Crippen LogP contribution in [0.4, 0.5) is 5.69 Å².